The molecule has 17 heteroatoms. The van der Waals surface area contributed by atoms with Crippen LogP contribution in [0.25, 0.3) is 0 Å². The van der Waals surface area contributed by atoms with Gasteiger partial charge < -0.3 is 24.8 Å². The van der Waals surface area contributed by atoms with E-state index < -0.39 is 24.3 Å². The number of amides is 1. The molecule has 4 heterocycles. The Balaban J connectivity index is 0.000000303. The second kappa shape index (κ2) is 14.1. The zero-order valence-electron chi connectivity index (χ0n) is 22.8. The number of alkyl halides is 6. The Kier molecular flexibility index (Phi) is 11.0. The van der Waals surface area contributed by atoms with Crippen molar-refractivity contribution in [2.75, 3.05) is 37.6 Å². The largest absolute Gasteiger partial charge is 0.490 e. The lowest BCUT2D eigenvalue weighted by molar-refractivity contribution is -0.193. The standard InChI is InChI=1S/C22H29N5O2.2C2HF3O2/c28-20(25-12-17-5-6-17)22-7-2-10-26(15-19-4-1-11-29-19)13-18(22)14-27(16-22)21-23-8-3-9-24-21;2*3-2(4,5)1(6)7/h1,3-4,8-9,11,17-18H,2,5-7,10,12-16H2,(H,25,28);2*(H,6,7)/t18-,22-;;/m0../s1. The monoisotopic (exact) mass is 623 g/mol. The lowest BCUT2D eigenvalue weighted by Crippen LogP contribution is -2.48. The number of anilines is 1. The quantitative estimate of drug-likeness (QED) is 0.408. The van der Waals surface area contributed by atoms with Crippen LogP contribution >= 0.6 is 0 Å². The van der Waals surface area contributed by atoms with Crippen molar-refractivity contribution < 1.29 is 55.4 Å². The number of fused-ring (bicyclic) bond motifs is 1. The molecule has 5 rings (SSSR count). The van der Waals surface area contributed by atoms with Crippen LogP contribution in [-0.2, 0) is 20.9 Å². The van der Waals surface area contributed by atoms with E-state index >= 15 is 0 Å². The van der Waals surface area contributed by atoms with Gasteiger partial charge in [-0.1, -0.05) is 0 Å². The van der Waals surface area contributed by atoms with Gasteiger partial charge >= 0.3 is 24.3 Å². The summed E-state index contributed by atoms with van der Waals surface area (Å²) in [7, 11) is 0. The lowest BCUT2D eigenvalue weighted by atomic mass is 9.74. The molecule has 0 unspecified atom stereocenters. The van der Waals surface area contributed by atoms with Crippen molar-refractivity contribution >= 4 is 23.8 Å². The number of hydrogen-bond donors (Lipinski definition) is 3. The minimum atomic E-state index is -5.08. The van der Waals surface area contributed by atoms with E-state index in [1.165, 1.54) is 12.8 Å². The van der Waals surface area contributed by atoms with Crippen LogP contribution in [0, 0.1) is 17.3 Å². The van der Waals surface area contributed by atoms with Gasteiger partial charge in [-0.05, 0) is 56.3 Å². The van der Waals surface area contributed by atoms with Crippen LogP contribution in [0.3, 0.4) is 0 Å². The molecule has 11 nitrogen and oxygen atoms in total. The van der Waals surface area contributed by atoms with Crippen molar-refractivity contribution in [3.63, 3.8) is 0 Å². The fraction of sp³-hybridized carbons (Fsp3) is 0.577. The minimum absolute atomic E-state index is 0.229. The predicted octanol–water partition coefficient (Wildman–Crippen LogP) is 3.58. The maximum Gasteiger partial charge on any atom is 0.490 e. The molecule has 238 valence electrons. The van der Waals surface area contributed by atoms with Crippen LogP contribution in [0.4, 0.5) is 32.3 Å². The van der Waals surface area contributed by atoms with E-state index in [9.17, 15) is 31.1 Å². The molecule has 2 aliphatic heterocycles. The molecule has 1 aliphatic carbocycles. The number of aromatic nitrogens is 2. The van der Waals surface area contributed by atoms with Crippen molar-refractivity contribution in [3.8, 4) is 0 Å². The molecule has 3 aliphatic rings. The average Bonchev–Trinajstić information content (AvgIpc) is 3.54. The number of carboxylic acid groups (broad SMARTS) is 2. The van der Waals surface area contributed by atoms with Gasteiger partial charge in [0.15, 0.2) is 0 Å². The molecule has 1 saturated carbocycles. The van der Waals surface area contributed by atoms with Gasteiger partial charge in [0.1, 0.15) is 5.76 Å². The number of carbonyl (C=O) groups excluding carboxylic acids is 1. The summed E-state index contributed by atoms with van der Waals surface area (Å²) in [6.45, 7) is 5.02. The van der Waals surface area contributed by atoms with Crippen LogP contribution in [0.2, 0.25) is 0 Å². The van der Waals surface area contributed by atoms with Crippen LogP contribution in [0.5, 0.6) is 0 Å². The summed E-state index contributed by atoms with van der Waals surface area (Å²) >= 11 is 0. The number of carboxylic acids is 2. The molecule has 3 fully saturated rings. The SMILES string of the molecule is O=C(NCC1CC1)[C@]12CCCN(Cc3ccco3)C[C@H]1CN(c1ncccn1)C2.O=C(O)C(F)(F)F.O=C(O)C(F)(F)F. The number of carbonyl (C=O) groups is 3. The number of nitrogens with zero attached hydrogens (tertiary/aromatic N) is 4. The molecule has 43 heavy (non-hydrogen) atoms. The van der Waals surface area contributed by atoms with Crippen molar-refractivity contribution in [2.24, 2.45) is 17.3 Å². The summed E-state index contributed by atoms with van der Waals surface area (Å²) < 4.78 is 69.0. The highest BCUT2D eigenvalue weighted by atomic mass is 19.4. The van der Waals surface area contributed by atoms with Gasteiger partial charge in [0.2, 0.25) is 11.9 Å². The highest BCUT2D eigenvalue weighted by Crippen LogP contribution is 2.44. The van der Waals surface area contributed by atoms with Crippen molar-refractivity contribution in [2.45, 2.75) is 44.6 Å². The maximum atomic E-state index is 13.5. The molecule has 0 spiro atoms. The van der Waals surface area contributed by atoms with E-state index in [0.29, 0.717) is 12.5 Å². The van der Waals surface area contributed by atoms with Crippen molar-refractivity contribution in [1.29, 1.82) is 0 Å². The van der Waals surface area contributed by atoms with Crippen molar-refractivity contribution in [1.82, 2.24) is 20.2 Å². The number of furan rings is 1. The summed E-state index contributed by atoms with van der Waals surface area (Å²) in [4.78, 5) is 44.8. The highest BCUT2D eigenvalue weighted by molar-refractivity contribution is 5.84. The fourth-order valence-electron chi connectivity index (χ4n) is 4.99. The Morgan fingerprint density at radius 2 is 1.60 bits per heavy atom. The smallest absolute Gasteiger partial charge is 0.475 e. The summed E-state index contributed by atoms with van der Waals surface area (Å²) in [6, 6.07) is 5.80. The number of rotatable bonds is 6. The van der Waals surface area contributed by atoms with E-state index in [2.05, 4.69) is 25.1 Å². The van der Waals surface area contributed by atoms with Gasteiger partial charge in [-0.15, -0.1) is 0 Å². The molecular formula is C26H31F6N5O6. The van der Waals surface area contributed by atoms with E-state index in [0.717, 1.165) is 57.3 Å². The zero-order valence-corrected chi connectivity index (χ0v) is 22.8. The number of nitrogens with one attached hydrogen (secondary N) is 1. The summed E-state index contributed by atoms with van der Waals surface area (Å²) in [5.74, 6) is -2.63. The summed E-state index contributed by atoms with van der Waals surface area (Å²) in [6.07, 6.45) is -0.467. The molecule has 3 N–H and O–H groups in total. The topological polar surface area (TPSA) is 149 Å². The Hall–Kier alpha value is -3.89. The van der Waals surface area contributed by atoms with Crippen molar-refractivity contribution in [3.05, 3.63) is 42.6 Å². The third kappa shape index (κ3) is 9.83. The Morgan fingerprint density at radius 1 is 1.00 bits per heavy atom. The number of hydrogen-bond acceptors (Lipinski definition) is 8. The first-order valence-electron chi connectivity index (χ1n) is 13.3. The second-order valence-electron chi connectivity index (χ2n) is 10.5. The Morgan fingerprint density at radius 3 is 2.12 bits per heavy atom. The van der Waals surface area contributed by atoms with E-state index in [1.54, 1.807) is 18.7 Å². The van der Waals surface area contributed by atoms with Gasteiger partial charge in [-0.25, -0.2) is 19.6 Å². The molecule has 2 atom stereocenters. The normalized spacial score (nSPS) is 22.2. The molecule has 0 bridgehead atoms. The molecule has 0 aromatic carbocycles. The first-order chi connectivity index (χ1) is 20.1. The van der Waals surface area contributed by atoms with Crippen LogP contribution < -0.4 is 10.2 Å². The molecular weight excluding hydrogens is 592 g/mol. The third-order valence-electron chi connectivity index (χ3n) is 7.25. The maximum absolute atomic E-state index is 13.5. The predicted molar refractivity (Wildman–Crippen MR) is 137 cm³/mol. The molecule has 2 saturated heterocycles. The van der Waals surface area contributed by atoms with Gasteiger partial charge in [0.25, 0.3) is 0 Å². The average molecular weight is 624 g/mol. The first kappa shape index (κ1) is 33.6. The molecule has 2 aromatic rings. The van der Waals surface area contributed by atoms with E-state index in [4.69, 9.17) is 24.2 Å². The van der Waals surface area contributed by atoms with E-state index in [1.807, 2.05) is 18.2 Å². The number of aliphatic carboxylic acids is 2. The van der Waals surface area contributed by atoms with Gasteiger partial charge in [0.05, 0.1) is 18.2 Å². The third-order valence-corrected chi connectivity index (χ3v) is 7.25. The molecule has 1 amide bonds. The number of halogens is 6. The molecule has 2 aromatic heterocycles. The van der Waals surface area contributed by atoms with Crippen LogP contribution in [0.15, 0.2) is 41.3 Å². The number of likely N-dealkylation sites (tertiary alicyclic amines) is 1. The molecule has 0 radical (unpaired) electrons. The minimum Gasteiger partial charge on any atom is -0.475 e. The van der Waals surface area contributed by atoms with Gasteiger partial charge in [-0.2, -0.15) is 26.3 Å². The second-order valence-corrected chi connectivity index (χ2v) is 10.5. The Bertz CT molecular complexity index is 1190. The first-order valence-corrected chi connectivity index (χ1v) is 13.3. The van der Waals surface area contributed by atoms with Crippen LogP contribution in [0.1, 0.15) is 31.4 Å². The van der Waals surface area contributed by atoms with Gasteiger partial charge in [-0.3, -0.25) is 9.69 Å². The zero-order chi connectivity index (χ0) is 31.8. The fourth-order valence-corrected chi connectivity index (χ4v) is 4.99. The lowest BCUT2D eigenvalue weighted by Gasteiger charge is -2.32. The van der Waals surface area contributed by atoms with Gasteiger partial charge in [0, 0.05) is 44.5 Å². The Labute approximate surface area is 241 Å². The van der Waals surface area contributed by atoms with Crippen LogP contribution in [-0.4, -0.2) is 88.0 Å². The van der Waals surface area contributed by atoms with E-state index in [-0.39, 0.29) is 17.2 Å². The summed E-state index contributed by atoms with van der Waals surface area (Å²) in [5, 5.41) is 17.5. The highest BCUT2D eigenvalue weighted by Gasteiger charge is 2.53. The summed E-state index contributed by atoms with van der Waals surface area (Å²) in [5.41, 5.74) is -0.369.